The van der Waals surface area contributed by atoms with Gasteiger partial charge in [0.05, 0.1) is 27.4 Å². The van der Waals surface area contributed by atoms with Gasteiger partial charge in [0.15, 0.2) is 0 Å². The van der Waals surface area contributed by atoms with Gasteiger partial charge in [0, 0.05) is 37.0 Å². The SMILES string of the molecule is COc1cc(OC)cc(C(=O)NCc2ccc(N3CCOCC3)cc2)c1. The highest BCUT2D eigenvalue weighted by Gasteiger charge is 2.12. The largest absolute Gasteiger partial charge is 0.497 e. The van der Waals surface area contributed by atoms with Crippen LogP contribution in [0.5, 0.6) is 11.5 Å². The molecule has 1 amide bonds. The highest BCUT2D eigenvalue weighted by Crippen LogP contribution is 2.22. The number of ether oxygens (including phenoxy) is 3. The molecule has 0 atom stereocenters. The molecular formula is C20H24N2O4. The third kappa shape index (κ3) is 4.46. The van der Waals surface area contributed by atoms with E-state index in [0.29, 0.717) is 23.6 Å². The highest BCUT2D eigenvalue weighted by molar-refractivity contribution is 5.95. The van der Waals surface area contributed by atoms with E-state index in [0.717, 1.165) is 31.9 Å². The Morgan fingerprint density at radius 3 is 2.23 bits per heavy atom. The number of rotatable bonds is 6. The Morgan fingerprint density at radius 2 is 1.65 bits per heavy atom. The molecule has 2 aromatic carbocycles. The van der Waals surface area contributed by atoms with Crippen LogP contribution in [-0.4, -0.2) is 46.4 Å². The van der Waals surface area contributed by atoms with Crippen molar-refractivity contribution < 1.29 is 19.0 Å². The standard InChI is InChI=1S/C20H24N2O4/c1-24-18-11-16(12-19(13-18)25-2)20(23)21-14-15-3-5-17(6-4-15)22-7-9-26-10-8-22/h3-6,11-13H,7-10,14H2,1-2H3,(H,21,23). The second-order valence-corrected chi connectivity index (χ2v) is 6.05. The fourth-order valence-corrected chi connectivity index (χ4v) is 2.87. The molecule has 0 aliphatic carbocycles. The first-order valence-corrected chi connectivity index (χ1v) is 8.62. The van der Waals surface area contributed by atoms with Crippen molar-refractivity contribution in [1.82, 2.24) is 5.32 Å². The summed E-state index contributed by atoms with van der Waals surface area (Å²) in [7, 11) is 3.12. The van der Waals surface area contributed by atoms with Crippen molar-refractivity contribution in [2.75, 3.05) is 45.4 Å². The van der Waals surface area contributed by atoms with Crippen molar-refractivity contribution in [3.63, 3.8) is 0 Å². The Kier molecular flexibility index (Phi) is 5.96. The van der Waals surface area contributed by atoms with Gasteiger partial charge >= 0.3 is 0 Å². The number of amides is 1. The van der Waals surface area contributed by atoms with Crippen LogP contribution in [0.2, 0.25) is 0 Å². The predicted octanol–water partition coefficient (Wildman–Crippen LogP) is 2.47. The monoisotopic (exact) mass is 356 g/mol. The number of benzene rings is 2. The molecule has 6 heteroatoms. The number of carbonyl (C=O) groups excluding carboxylic acids is 1. The van der Waals surface area contributed by atoms with Crippen LogP contribution in [0.25, 0.3) is 0 Å². The minimum absolute atomic E-state index is 0.167. The molecule has 0 unspecified atom stereocenters. The summed E-state index contributed by atoms with van der Waals surface area (Å²) in [4.78, 5) is 14.7. The quantitative estimate of drug-likeness (QED) is 0.862. The molecule has 26 heavy (non-hydrogen) atoms. The Morgan fingerprint density at radius 1 is 1.04 bits per heavy atom. The van der Waals surface area contributed by atoms with E-state index in [1.807, 2.05) is 12.1 Å². The summed E-state index contributed by atoms with van der Waals surface area (Å²) in [5.74, 6) is 1.01. The molecule has 1 heterocycles. The van der Waals surface area contributed by atoms with Gasteiger partial charge in [0.1, 0.15) is 11.5 Å². The molecule has 0 saturated carbocycles. The first-order chi connectivity index (χ1) is 12.7. The molecule has 138 valence electrons. The molecular weight excluding hydrogens is 332 g/mol. The lowest BCUT2D eigenvalue weighted by Crippen LogP contribution is -2.36. The topological polar surface area (TPSA) is 60.0 Å². The van der Waals surface area contributed by atoms with E-state index in [-0.39, 0.29) is 5.91 Å². The molecule has 3 rings (SSSR count). The van der Waals surface area contributed by atoms with Crippen LogP contribution in [0.3, 0.4) is 0 Å². The lowest BCUT2D eigenvalue weighted by Gasteiger charge is -2.28. The summed E-state index contributed by atoms with van der Waals surface area (Å²) < 4.78 is 15.8. The molecule has 2 aromatic rings. The lowest BCUT2D eigenvalue weighted by molar-refractivity contribution is 0.0950. The maximum absolute atomic E-state index is 12.4. The fourth-order valence-electron chi connectivity index (χ4n) is 2.87. The van der Waals surface area contributed by atoms with E-state index in [4.69, 9.17) is 14.2 Å². The number of anilines is 1. The van der Waals surface area contributed by atoms with Crippen molar-refractivity contribution in [3.8, 4) is 11.5 Å². The zero-order valence-electron chi connectivity index (χ0n) is 15.2. The summed E-state index contributed by atoms with van der Waals surface area (Å²) in [5.41, 5.74) is 2.73. The lowest BCUT2D eigenvalue weighted by atomic mass is 10.1. The van der Waals surface area contributed by atoms with Gasteiger partial charge in [-0.15, -0.1) is 0 Å². The maximum atomic E-state index is 12.4. The third-order valence-electron chi connectivity index (χ3n) is 4.38. The van der Waals surface area contributed by atoms with Crippen LogP contribution < -0.4 is 19.7 Å². The Hall–Kier alpha value is -2.73. The molecule has 1 aliphatic heterocycles. The molecule has 0 bridgehead atoms. The smallest absolute Gasteiger partial charge is 0.251 e. The Balaban J connectivity index is 1.60. The van der Waals surface area contributed by atoms with Gasteiger partial charge < -0.3 is 24.4 Å². The van der Waals surface area contributed by atoms with Crippen molar-refractivity contribution in [3.05, 3.63) is 53.6 Å². The van der Waals surface area contributed by atoms with Gasteiger partial charge in [0.25, 0.3) is 5.91 Å². The summed E-state index contributed by atoms with van der Waals surface area (Å²) in [6.07, 6.45) is 0. The molecule has 1 fully saturated rings. The minimum Gasteiger partial charge on any atom is -0.497 e. The Labute approximate surface area is 153 Å². The number of carbonyl (C=O) groups is 1. The number of nitrogens with zero attached hydrogens (tertiary/aromatic N) is 1. The molecule has 0 spiro atoms. The van der Waals surface area contributed by atoms with Crippen LogP contribution in [0.4, 0.5) is 5.69 Å². The second-order valence-electron chi connectivity index (χ2n) is 6.05. The van der Waals surface area contributed by atoms with E-state index < -0.39 is 0 Å². The van der Waals surface area contributed by atoms with Crippen LogP contribution in [-0.2, 0) is 11.3 Å². The molecule has 6 nitrogen and oxygen atoms in total. The average Bonchev–Trinajstić information content (AvgIpc) is 2.72. The second kappa shape index (κ2) is 8.58. The first kappa shape index (κ1) is 18.1. The number of methoxy groups -OCH3 is 2. The van der Waals surface area contributed by atoms with Gasteiger partial charge in [-0.05, 0) is 29.8 Å². The van der Waals surface area contributed by atoms with Crippen LogP contribution >= 0.6 is 0 Å². The van der Waals surface area contributed by atoms with Crippen LogP contribution in [0.1, 0.15) is 15.9 Å². The summed E-state index contributed by atoms with van der Waals surface area (Å²) in [6, 6.07) is 13.4. The Bertz CT molecular complexity index is 718. The van der Waals surface area contributed by atoms with E-state index in [2.05, 4.69) is 22.3 Å². The van der Waals surface area contributed by atoms with Gasteiger partial charge in [0.2, 0.25) is 0 Å². The first-order valence-electron chi connectivity index (χ1n) is 8.62. The molecule has 1 N–H and O–H groups in total. The van der Waals surface area contributed by atoms with Gasteiger partial charge in [-0.1, -0.05) is 12.1 Å². The molecule has 1 aliphatic rings. The third-order valence-corrected chi connectivity index (χ3v) is 4.38. The number of hydrogen-bond acceptors (Lipinski definition) is 5. The van der Waals surface area contributed by atoms with Gasteiger partial charge in [-0.2, -0.15) is 0 Å². The molecule has 0 radical (unpaired) electrons. The van der Waals surface area contributed by atoms with E-state index in [1.54, 1.807) is 32.4 Å². The van der Waals surface area contributed by atoms with Crippen molar-refractivity contribution in [2.24, 2.45) is 0 Å². The maximum Gasteiger partial charge on any atom is 0.251 e. The minimum atomic E-state index is -0.167. The highest BCUT2D eigenvalue weighted by atomic mass is 16.5. The van der Waals surface area contributed by atoms with E-state index in [1.165, 1.54) is 5.69 Å². The average molecular weight is 356 g/mol. The summed E-state index contributed by atoms with van der Waals surface area (Å²) in [5, 5.41) is 2.93. The fraction of sp³-hybridized carbons (Fsp3) is 0.350. The predicted molar refractivity (Wildman–Crippen MR) is 100 cm³/mol. The van der Waals surface area contributed by atoms with E-state index in [9.17, 15) is 4.79 Å². The normalized spacial score (nSPS) is 14.0. The van der Waals surface area contributed by atoms with Crippen LogP contribution in [0.15, 0.2) is 42.5 Å². The zero-order valence-corrected chi connectivity index (χ0v) is 15.2. The van der Waals surface area contributed by atoms with Crippen molar-refractivity contribution in [2.45, 2.75) is 6.54 Å². The van der Waals surface area contributed by atoms with Gasteiger partial charge in [-0.25, -0.2) is 0 Å². The van der Waals surface area contributed by atoms with Crippen LogP contribution in [0, 0.1) is 0 Å². The number of morpholine rings is 1. The molecule has 0 aromatic heterocycles. The summed E-state index contributed by atoms with van der Waals surface area (Å²) in [6.45, 7) is 3.81. The van der Waals surface area contributed by atoms with E-state index >= 15 is 0 Å². The van der Waals surface area contributed by atoms with Crippen molar-refractivity contribution >= 4 is 11.6 Å². The van der Waals surface area contributed by atoms with Gasteiger partial charge in [-0.3, -0.25) is 4.79 Å². The number of hydrogen-bond donors (Lipinski definition) is 1. The van der Waals surface area contributed by atoms with Crippen molar-refractivity contribution in [1.29, 1.82) is 0 Å². The number of nitrogens with one attached hydrogen (secondary N) is 1. The molecule has 1 saturated heterocycles. The summed E-state index contributed by atoms with van der Waals surface area (Å²) >= 11 is 0. The zero-order chi connectivity index (χ0) is 18.4.